The van der Waals surface area contributed by atoms with E-state index in [1.54, 1.807) is 23.8 Å². The molecule has 1 aliphatic carbocycles. The number of hydrogen-bond donors (Lipinski definition) is 6. The highest BCUT2D eigenvalue weighted by Gasteiger charge is 2.44. The lowest BCUT2D eigenvalue weighted by Gasteiger charge is -2.41. The summed E-state index contributed by atoms with van der Waals surface area (Å²) in [5.74, 6) is -4.13. The summed E-state index contributed by atoms with van der Waals surface area (Å²) in [7, 11) is 6.68. The molecule has 9 atom stereocenters. The Hall–Kier alpha value is -5.66. The topological polar surface area (TPSA) is 255 Å². The van der Waals surface area contributed by atoms with Crippen molar-refractivity contribution in [2.45, 2.75) is 155 Å². The van der Waals surface area contributed by atoms with E-state index in [1.165, 1.54) is 26.4 Å². The number of carbonyl (C=O) groups is 8. The minimum absolute atomic E-state index is 0.0392. The number of hydrogen-bond acceptors (Lipinski definition) is 11. The van der Waals surface area contributed by atoms with Crippen molar-refractivity contribution in [1.29, 1.82) is 0 Å². The molecular formula is C55H87N9O10. The molecule has 1 saturated heterocycles. The number of nitrogens with two attached hydrogens (primary N) is 1. The molecule has 1 aromatic heterocycles. The second-order valence-corrected chi connectivity index (χ2v) is 21.1. The first-order valence-corrected chi connectivity index (χ1v) is 26.7. The Morgan fingerprint density at radius 2 is 1.51 bits per heavy atom. The van der Waals surface area contributed by atoms with Crippen molar-refractivity contribution in [2.24, 2.45) is 35.3 Å². The number of benzene rings is 1. The van der Waals surface area contributed by atoms with Crippen molar-refractivity contribution in [3.63, 3.8) is 0 Å². The predicted octanol–water partition coefficient (Wildman–Crippen LogP) is 4.27. The van der Waals surface area contributed by atoms with Gasteiger partial charge in [0.25, 0.3) is 0 Å². The molecule has 0 bridgehead atoms. The fourth-order valence-electron chi connectivity index (χ4n) is 10.7. The van der Waals surface area contributed by atoms with E-state index in [0.29, 0.717) is 38.9 Å². The van der Waals surface area contributed by atoms with Gasteiger partial charge < -0.3 is 51.3 Å². The Balaban J connectivity index is 1.33. The Morgan fingerprint density at radius 3 is 2.14 bits per heavy atom. The number of allylic oxidation sites excluding steroid dienone is 2. The van der Waals surface area contributed by atoms with Gasteiger partial charge in [-0.25, -0.2) is 4.79 Å². The molecule has 0 unspecified atom stereocenters. The molecule has 1 aliphatic heterocycles. The van der Waals surface area contributed by atoms with Gasteiger partial charge in [-0.2, -0.15) is 0 Å². The maximum absolute atomic E-state index is 14.7. The third-order valence-corrected chi connectivity index (χ3v) is 15.2. The molecule has 1 fully saturated rings. The zero-order valence-corrected chi connectivity index (χ0v) is 45.9. The fourth-order valence-corrected chi connectivity index (χ4v) is 10.7. The second-order valence-electron chi connectivity index (χ2n) is 21.1. The van der Waals surface area contributed by atoms with Gasteiger partial charge in [0.2, 0.25) is 29.5 Å². The van der Waals surface area contributed by atoms with Crippen LogP contribution in [0.25, 0.3) is 10.9 Å². The van der Waals surface area contributed by atoms with E-state index in [-0.39, 0.29) is 78.9 Å². The molecule has 0 spiro atoms. The van der Waals surface area contributed by atoms with Crippen molar-refractivity contribution < 1.29 is 47.8 Å². The number of H-pyrrole nitrogens is 1. The van der Waals surface area contributed by atoms with Gasteiger partial charge in [0.05, 0.1) is 48.6 Å². The van der Waals surface area contributed by atoms with Crippen molar-refractivity contribution in [2.75, 3.05) is 54.5 Å². The van der Waals surface area contributed by atoms with Crippen LogP contribution < -0.4 is 27.0 Å². The third-order valence-electron chi connectivity index (χ3n) is 15.2. The Kier molecular flexibility index (Phi) is 24.2. The molecule has 19 heteroatoms. The normalized spacial score (nSPS) is 18.3. The van der Waals surface area contributed by atoms with Gasteiger partial charge in [0.1, 0.15) is 12.1 Å². The number of rotatable bonds is 31. The smallest absolute Gasteiger partial charge is 0.314 e. The van der Waals surface area contributed by atoms with Crippen molar-refractivity contribution in [3.8, 4) is 0 Å². The molecule has 2 heterocycles. The van der Waals surface area contributed by atoms with Crippen LogP contribution in [0.3, 0.4) is 0 Å². The fraction of sp³-hybridized carbons (Fsp3) is 0.673. The molecule has 2 aromatic rings. The average Bonchev–Trinajstić information content (AvgIpc) is 4.10. The monoisotopic (exact) mass is 1030 g/mol. The molecule has 4 rings (SSSR count). The molecule has 2 aliphatic rings. The van der Waals surface area contributed by atoms with Gasteiger partial charge in [0.15, 0.2) is 11.6 Å². The summed E-state index contributed by atoms with van der Waals surface area (Å²) in [5, 5.41) is 12.4. The summed E-state index contributed by atoms with van der Waals surface area (Å²) < 4.78 is 12.1. The van der Waals surface area contributed by atoms with Crippen LogP contribution in [0.2, 0.25) is 0 Å². The summed E-state index contributed by atoms with van der Waals surface area (Å²) in [5.41, 5.74) is 7.56. The lowest BCUT2D eigenvalue weighted by molar-refractivity contribution is -0.148. The first-order chi connectivity index (χ1) is 35.2. The molecule has 1 aromatic carbocycles. The zero-order chi connectivity index (χ0) is 54.8. The number of unbranched alkanes of at least 4 members (excludes halogenated alkanes) is 3. The van der Waals surface area contributed by atoms with Gasteiger partial charge in [-0.3, -0.25) is 38.5 Å². The van der Waals surface area contributed by atoms with E-state index in [2.05, 4.69) is 26.3 Å². The minimum atomic E-state index is -0.974. The number of carbonyl (C=O) groups excluding carboxylic acids is 8. The number of ether oxygens (including phenoxy) is 2. The van der Waals surface area contributed by atoms with Gasteiger partial charge in [-0.1, -0.05) is 85.9 Å². The highest BCUT2D eigenvalue weighted by Crippen LogP contribution is 2.30. The number of para-hydroxylation sites is 1. The largest absolute Gasteiger partial charge is 0.379 e. The summed E-state index contributed by atoms with van der Waals surface area (Å²) in [4.78, 5) is 114. The SMILES string of the molecule is CC[C@H](C)[C@@H]([C@@H](CC(=O)N1CCC[C@H]1[C@H](OC)[C@@H](C)C(=O)N[C@@H](Cc1c[nH]c2ccccc12)C(N)=O)OC)N(C)C(=O)[C@@H](NC(=O)[C@H](C(C)C)N(C)CCCCCCNC(=O)NCCC1C(=O)C=CC1=O)C(C)C. The number of likely N-dealkylation sites (tertiary alicyclic amines) is 1. The van der Waals surface area contributed by atoms with Gasteiger partial charge in [0, 0.05) is 64.4 Å². The standard InChI is InChI=1S/C55H87N9O10/c1-12-35(6)49(45(73-10)31-46(67)64-29-19-22-42(64)50(74-11)36(7)52(69)60-41(51(56)68)30-37-32-59-40-21-16-15-20-38(37)40)63(9)54(71)47(33(2)3)61-53(70)48(34(4)5)62(8)28-18-14-13-17-26-57-55(72)58-27-25-39-43(65)23-24-44(39)66/h15-16,20-21,23-24,32-36,39,41-42,45,47-50,59H,12-14,17-19,22,25-31H2,1-11H3,(H2,56,68)(H,60,69)(H,61,70)(H2,57,58,72)/t35-,36+,41-,42-,45+,47-,48-,49-,50+/m0/s1. The van der Waals surface area contributed by atoms with E-state index >= 15 is 0 Å². The molecular weight excluding hydrogens is 947 g/mol. The van der Waals surface area contributed by atoms with E-state index in [1.807, 2.05) is 84.0 Å². The van der Waals surface area contributed by atoms with Crippen LogP contribution in [0.5, 0.6) is 0 Å². The van der Waals surface area contributed by atoms with Crippen LogP contribution in [-0.4, -0.2) is 164 Å². The van der Waals surface area contributed by atoms with Gasteiger partial charge in [-0.05, 0) is 87.2 Å². The van der Waals surface area contributed by atoms with Crippen molar-refractivity contribution >= 4 is 58.0 Å². The van der Waals surface area contributed by atoms with E-state index < -0.39 is 66.1 Å². The maximum Gasteiger partial charge on any atom is 0.314 e. The molecule has 7 amide bonds. The minimum Gasteiger partial charge on any atom is -0.379 e. The average molecular weight is 1030 g/mol. The number of ketones is 2. The van der Waals surface area contributed by atoms with E-state index in [9.17, 15) is 38.4 Å². The number of aromatic amines is 1. The highest BCUT2D eigenvalue weighted by atomic mass is 16.5. The first kappa shape index (κ1) is 60.9. The van der Waals surface area contributed by atoms with Gasteiger partial charge in [-0.15, -0.1) is 0 Å². The Labute approximate surface area is 438 Å². The Bertz CT molecular complexity index is 2230. The summed E-state index contributed by atoms with van der Waals surface area (Å²) in [6.07, 6.45) is 8.71. The maximum atomic E-state index is 14.7. The zero-order valence-electron chi connectivity index (χ0n) is 45.9. The number of primary amides is 1. The van der Waals surface area contributed by atoms with Gasteiger partial charge >= 0.3 is 6.03 Å². The molecule has 0 radical (unpaired) electrons. The van der Waals surface area contributed by atoms with Crippen LogP contribution >= 0.6 is 0 Å². The Morgan fingerprint density at radius 1 is 0.851 bits per heavy atom. The number of aromatic nitrogens is 1. The lowest BCUT2D eigenvalue weighted by Crippen LogP contribution is -2.60. The number of urea groups is 1. The number of methoxy groups -OCH3 is 2. The molecule has 7 N–H and O–H groups in total. The number of nitrogens with one attached hydrogen (secondary N) is 5. The second kappa shape index (κ2) is 29.4. The molecule has 0 saturated carbocycles. The van der Waals surface area contributed by atoms with Crippen molar-refractivity contribution in [1.82, 2.24) is 41.0 Å². The quantitative estimate of drug-likeness (QED) is 0.0460. The third kappa shape index (κ3) is 16.4. The predicted molar refractivity (Wildman–Crippen MR) is 284 cm³/mol. The molecule has 19 nitrogen and oxygen atoms in total. The summed E-state index contributed by atoms with van der Waals surface area (Å²) in [6.45, 7) is 15.3. The van der Waals surface area contributed by atoms with Crippen LogP contribution in [0, 0.1) is 29.6 Å². The molecule has 74 heavy (non-hydrogen) atoms. The number of fused-ring (bicyclic) bond motifs is 1. The molecule has 412 valence electrons. The van der Waals surface area contributed by atoms with Crippen LogP contribution in [-0.2, 0) is 49.5 Å². The van der Waals surface area contributed by atoms with Crippen LogP contribution in [0.15, 0.2) is 42.6 Å². The summed E-state index contributed by atoms with van der Waals surface area (Å²) in [6, 6.07) is 4.04. The van der Waals surface area contributed by atoms with Crippen LogP contribution in [0.1, 0.15) is 112 Å². The number of amides is 7. The van der Waals surface area contributed by atoms with Crippen molar-refractivity contribution in [3.05, 3.63) is 48.2 Å². The van der Waals surface area contributed by atoms with E-state index in [4.69, 9.17) is 15.2 Å². The van der Waals surface area contributed by atoms with E-state index in [0.717, 1.165) is 42.1 Å². The van der Waals surface area contributed by atoms with Crippen LogP contribution in [0.4, 0.5) is 4.79 Å². The first-order valence-electron chi connectivity index (χ1n) is 26.7. The number of likely N-dealkylation sites (N-methyl/N-ethyl adjacent to an activating group) is 2. The highest BCUT2D eigenvalue weighted by molar-refractivity contribution is 6.18. The summed E-state index contributed by atoms with van der Waals surface area (Å²) >= 11 is 0. The number of nitrogens with zero attached hydrogens (tertiary/aromatic N) is 3. The lowest BCUT2D eigenvalue weighted by atomic mass is 9.89.